The molecule has 2 atom stereocenters. The molecule has 1 aromatic heterocycles. The Hall–Kier alpha value is -0.810. The molecule has 1 N–H and O–H groups in total. The Morgan fingerprint density at radius 2 is 2.24 bits per heavy atom. The summed E-state index contributed by atoms with van der Waals surface area (Å²) in [4.78, 5) is 9.15. The van der Waals surface area contributed by atoms with Crippen molar-refractivity contribution in [2.24, 2.45) is 5.92 Å². The maximum Gasteiger partial charge on any atom is 0.157 e. The number of aromatic nitrogens is 2. The Morgan fingerprint density at radius 1 is 1.38 bits per heavy atom. The SMILES string of the molecule is CCCNc1cc(SC2CCCC(C)C2)nc(COC)n1. The lowest BCUT2D eigenvalue weighted by Crippen LogP contribution is -2.15. The zero-order valence-electron chi connectivity index (χ0n) is 13.4. The molecule has 0 radical (unpaired) electrons. The van der Waals surface area contributed by atoms with Gasteiger partial charge in [-0.05, 0) is 25.2 Å². The summed E-state index contributed by atoms with van der Waals surface area (Å²) in [6.45, 7) is 5.92. The van der Waals surface area contributed by atoms with Crippen LogP contribution < -0.4 is 5.32 Å². The minimum absolute atomic E-state index is 0.469. The minimum atomic E-state index is 0.469. The van der Waals surface area contributed by atoms with E-state index in [1.54, 1.807) is 7.11 Å². The van der Waals surface area contributed by atoms with E-state index < -0.39 is 0 Å². The second-order valence-corrected chi connectivity index (χ2v) is 7.20. The highest BCUT2D eigenvalue weighted by atomic mass is 32.2. The largest absolute Gasteiger partial charge is 0.377 e. The molecule has 2 unspecified atom stereocenters. The average Bonchev–Trinajstić information content (AvgIpc) is 2.45. The highest BCUT2D eigenvalue weighted by molar-refractivity contribution is 7.99. The molecule has 1 fully saturated rings. The third kappa shape index (κ3) is 5.47. The standard InChI is InChI=1S/C16H27N3OS/c1-4-8-17-14-10-16(19-15(18-14)11-20-3)21-13-7-5-6-12(2)9-13/h10,12-13H,4-9,11H2,1-3H3,(H,17,18,19). The van der Waals surface area contributed by atoms with Gasteiger partial charge in [-0.25, -0.2) is 9.97 Å². The van der Waals surface area contributed by atoms with Gasteiger partial charge in [-0.2, -0.15) is 0 Å². The molecular formula is C16H27N3OS. The smallest absolute Gasteiger partial charge is 0.157 e. The number of rotatable bonds is 7. The van der Waals surface area contributed by atoms with Crippen LogP contribution in [-0.4, -0.2) is 28.9 Å². The molecule has 2 rings (SSSR count). The Bertz CT molecular complexity index is 442. The fourth-order valence-corrected chi connectivity index (χ4v) is 4.12. The van der Waals surface area contributed by atoms with Crippen molar-refractivity contribution in [2.75, 3.05) is 19.0 Å². The molecule has 0 spiro atoms. The lowest BCUT2D eigenvalue weighted by molar-refractivity contribution is 0.177. The Balaban J connectivity index is 2.06. The van der Waals surface area contributed by atoms with Gasteiger partial charge in [0.25, 0.3) is 0 Å². The fraction of sp³-hybridized carbons (Fsp3) is 0.750. The van der Waals surface area contributed by atoms with E-state index in [-0.39, 0.29) is 0 Å². The van der Waals surface area contributed by atoms with E-state index >= 15 is 0 Å². The fourth-order valence-electron chi connectivity index (χ4n) is 2.73. The topological polar surface area (TPSA) is 47.0 Å². The van der Waals surface area contributed by atoms with Crippen molar-refractivity contribution in [3.8, 4) is 0 Å². The normalized spacial score (nSPS) is 22.2. The van der Waals surface area contributed by atoms with Gasteiger partial charge in [0.05, 0.1) is 0 Å². The van der Waals surface area contributed by atoms with Crippen LogP contribution in [0.25, 0.3) is 0 Å². The lowest BCUT2D eigenvalue weighted by atomic mass is 9.91. The predicted octanol–water partition coefficient (Wildman–Crippen LogP) is 4.12. The van der Waals surface area contributed by atoms with Gasteiger partial charge in [0.15, 0.2) is 5.82 Å². The number of nitrogens with one attached hydrogen (secondary N) is 1. The highest BCUT2D eigenvalue weighted by Crippen LogP contribution is 2.35. The second kappa shape index (κ2) is 8.59. The number of nitrogens with zero attached hydrogens (tertiary/aromatic N) is 2. The predicted molar refractivity (Wildman–Crippen MR) is 88.8 cm³/mol. The molecule has 118 valence electrons. The number of ether oxygens (including phenoxy) is 1. The highest BCUT2D eigenvalue weighted by Gasteiger charge is 2.20. The third-order valence-electron chi connectivity index (χ3n) is 3.75. The zero-order chi connectivity index (χ0) is 15.1. The average molecular weight is 309 g/mol. The van der Waals surface area contributed by atoms with Crippen LogP contribution in [0.2, 0.25) is 0 Å². The van der Waals surface area contributed by atoms with Gasteiger partial charge in [-0.1, -0.05) is 26.7 Å². The van der Waals surface area contributed by atoms with E-state index in [4.69, 9.17) is 4.74 Å². The number of methoxy groups -OCH3 is 1. The van der Waals surface area contributed by atoms with Crippen LogP contribution in [0, 0.1) is 5.92 Å². The summed E-state index contributed by atoms with van der Waals surface area (Å²) in [6.07, 6.45) is 6.41. The first-order valence-corrected chi connectivity index (χ1v) is 8.86. The van der Waals surface area contributed by atoms with Crippen molar-refractivity contribution in [1.82, 2.24) is 9.97 Å². The Kier molecular flexibility index (Phi) is 6.77. The molecule has 0 amide bonds. The first-order valence-electron chi connectivity index (χ1n) is 7.98. The van der Waals surface area contributed by atoms with E-state index in [9.17, 15) is 0 Å². The van der Waals surface area contributed by atoms with Crippen LogP contribution in [0.5, 0.6) is 0 Å². The van der Waals surface area contributed by atoms with Gasteiger partial charge >= 0.3 is 0 Å². The second-order valence-electron chi connectivity index (χ2n) is 5.88. The van der Waals surface area contributed by atoms with Gasteiger partial charge in [0, 0.05) is 25.0 Å². The molecule has 0 saturated heterocycles. The molecule has 1 aromatic rings. The number of hydrogen-bond donors (Lipinski definition) is 1. The molecule has 4 nitrogen and oxygen atoms in total. The molecule has 1 aliphatic carbocycles. The van der Waals surface area contributed by atoms with Gasteiger partial charge < -0.3 is 10.1 Å². The summed E-state index contributed by atoms with van der Waals surface area (Å²) in [6, 6.07) is 2.08. The maximum absolute atomic E-state index is 5.19. The Morgan fingerprint density at radius 3 is 2.95 bits per heavy atom. The third-order valence-corrected chi connectivity index (χ3v) is 4.97. The monoisotopic (exact) mass is 309 g/mol. The molecule has 0 aromatic carbocycles. The summed E-state index contributed by atoms with van der Waals surface area (Å²) in [7, 11) is 1.69. The Labute approximate surface area is 132 Å². The molecule has 1 saturated carbocycles. The van der Waals surface area contributed by atoms with Gasteiger partial charge in [0.1, 0.15) is 17.5 Å². The number of thioether (sulfide) groups is 1. The van der Waals surface area contributed by atoms with E-state index in [1.165, 1.54) is 25.7 Å². The molecule has 5 heteroatoms. The van der Waals surface area contributed by atoms with Crippen molar-refractivity contribution in [2.45, 2.75) is 62.8 Å². The van der Waals surface area contributed by atoms with E-state index in [0.717, 1.165) is 35.6 Å². The molecular weight excluding hydrogens is 282 g/mol. The first-order chi connectivity index (χ1) is 10.2. The minimum Gasteiger partial charge on any atom is -0.377 e. The first kappa shape index (κ1) is 16.6. The van der Waals surface area contributed by atoms with Crippen LogP contribution in [0.15, 0.2) is 11.1 Å². The summed E-state index contributed by atoms with van der Waals surface area (Å²) < 4.78 is 5.19. The summed E-state index contributed by atoms with van der Waals surface area (Å²) in [5.41, 5.74) is 0. The van der Waals surface area contributed by atoms with E-state index in [1.807, 2.05) is 11.8 Å². The van der Waals surface area contributed by atoms with Gasteiger partial charge in [-0.15, -0.1) is 11.8 Å². The summed E-state index contributed by atoms with van der Waals surface area (Å²) in [5.74, 6) is 2.53. The van der Waals surface area contributed by atoms with Crippen molar-refractivity contribution in [3.63, 3.8) is 0 Å². The molecule has 1 aliphatic rings. The van der Waals surface area contributed by atoms with Crippen molar-refractivity contribution < 1.29 is 4.74 Å². The molecule has 1 heterocycles. The van der Waals surface area contributed by atoms with Crippen LogP contribution >= 0.6 is 11.8 Å². The van der Waals surface area contributed by atoms with E-state index in [2.05, 4.69) is 35.2 Å². The van der Waals surface area contributed by atoms with Crippen molar-refractivity contribution in [3.05, 3.63) is 11.9 Å². The van der Waals surface area contributed by atoms with Crippen molar-refractivity contribution >= 4 is 17.6 Å². The number of anilines is 1. The molecule has 21 heavy (non-hydrogen) atoms. The molecule has 0 bridgehead atoms. The van der Waals surface area contributed by atoms with E-state index in [0.29, 0.717) is 11.9 Å². The van der Waals surface area contributed by atoms with Crippen LogP contribution in [0.1, 0.15) is 51.8 Å². The van der Waals surface area contributed by atoms with Gasteiger partial charge in [-0.3, -0.25) is 0 Å². The van der Waals surface area contributed by atoms with Gasteiger partial charge in [0.2, 0.25) is 0 Å². The van der Waals surface area contributed by atoms with Crippen LogP contribution in [-0.2, 0) is 11.3 Å². The quantitative estimate of drug-likeness (QED) is 0.768. The molecule has 0 aliphatic heterocycles. The summed E-state index contributed by atoms with van der Waals surface area (Å²) >= 11 is 1.91. The zero-order valence-corrected chi connectivity index (χ0v) is 14.2. The van der Waals surface area contributed by atoms with Crippen LogP contribution in [0.4, 0.5) is 5.82 Å². The lowest BCUT2D eigenvalue weighted by Gasteiger charge is -2.26. The van der Waals surface area contributed by atoms with Crippen molar-refractivity contribution in [1.29, 1.82) is 0 Å². The van der Waals surface area contributed by atoms with Crippen LogP contribution in [0.3, 0.4) is 0 Å². The number of hydrogen-bond acceptors (Lipinski definition) is 5. The maximum atomic E-state index is 5.19. The summed E-state index contributed by atoms with van der Waals surface area (Å²) in [5, 5.41) is 5.13.